The lowest BCUT2D eigenvalue weighted by Gasteiger charge is -2.38. The van der Waals surface area contributed by atoms with Crippen molar-refractivity contribution in [3.05, 3.63) is 0 Å². The van der Waals surface area contributed by atoms with E-state index >= 15 is 0 Å². The van der Waals surface area contributed by atoms with E-state index in [-0.39, 0.29) is 0 Å². The summed E-state index contributed by atoms with van der Waals surface area (Å²) in [5, 5.41) is 3.79. The first-order valence-corrected chi connectivity index (χ1v) is 6.43. The fourth-order valence-electron chi connectivity index (χ4n) is 2.68. The summed E-state index contributed by atoms with van der Waals surface area (Å²) >= 11 is 0. The molecular weight excluding hydrogens is 170 g/mol. The highest BCUT2D eigenvalue weighted by atomic mass is 15.0. The summed E-state index contributed by atoms with van der Waals surface area (Å²) in [6.07, 6.45) is 6.78. The highest BCUT2D eigenvalue weighted by Crippen LogP contribution is 2.29. The number of rotatable bonds is 4. The summed E-state index contributed by atoms with van der Waals surface area (Å²) in [5.74, 6) is 1.82. The summed E-state index contributed by atoms with van der Waals surface area (Å²) in [5.41, 5.74) is 0. The van der Waals surface area contributed by atoms with Crippen LogP contribution in [0.3, 0.4) is 0 Å². The molecule has 1 heteroatoms. The minimum absolute atomic E-state index is 0.785. The molecule has 1 N–H and O–H groups in total. The zero-order chi connectivity index (χ0) is 10.6. The molecule has 0 spiro atoms. The van der Waals surface area contributed by atoms with Gasteiger partial charge in [-0.2, -0.15) is 0 Å². The molecule has 0 aromatic rings. The van der Waals surface area contributed by atoms with Crippen molar-refractivity contribution in [2.24, 2.45) is 11.8 Å². The Morgan fingerprint density at radius 1 is 1.14 bits per heavy atom. The number of hydrogen-bond donors (Lipinski definition) is 1. The molecule has 3 unspecified atom stereocenters. The topological polar surface area (TPSA) is 12.0 Å². The minimum Gasteiger partial charge on any atom is -0.311 e. The predicted molar refractivity (Wildman–Crippen MR) is 63.5 cm³/mol. The van der Waals surface area contributed by atoms with E-state index in [1.165, 1.54) is 32.1 Å². The quantitative estimate of drug-likeness (QED) is 0.726. The average molecular weight is 197 g/mol. The zero-order valence-corrected chi connectivity index (χ0v) is 10.3. The average Bonchev–Trinajstić information content (AvgIpc) is 2.17. The molecular formula is C13H27N. The van der Waals surface area contributed by atoms with E-state index in [1.807, 2.05) is 0 Å². The molecule has 0 amide bonds. The van der Waals surface area contributed by atoms with Crippen LogP contribution in [0, 0.1) is 11.8 Å². The second-order valence-corrected chi connectivity index (χ2v) is 5.23. The van der Waals surface area contributed by atoms with Crippen LogP contribution in [0.15, 0.2) is 0 Å². The monoisotopic (exact) mass is 197 g/mol. The lowest BCUT2D eigenvalue weighted by Crippen LogP contribution is -2.46. The van der Waals surface area contributed by atoms with Gasteiger partial charge in [0, 0.05) is 12.1 Å². The molecule has 14 heavy (non-hydrogen) atoms. The SMILES string of the molecule is CCCC1CC(C(C)C)CC(CC)N1. The first-order chi connectivity index (χ1) is 6.67. The van der Waals surface area contributed by atoms with Gasteiger partial charge in [0.05, 0.1) is 0 Å². The normalized spacial score (nSPS) is 33.6. The molecule has 1 fully saturated rings. The summed E-state index contributed by atoms with van der Waals surface area (Å²) in [6, 6.07) is 1.58. The summed E-state index contributed by atoms with van der Waals surface area (Å²) < 4.78 is 0. The minimum atomic E-state index is 0.785. The first-order valence-electron chi connectivity index (χ1n) is 6.43. The molecule has 0 saturated carbocycles. The molecule has 0 radical (unpaired) electrons. The number of hydrogen-bond acceptors (Lipinski definition) is 1. The van der Waals surface area contributed by atoms with Gasteiger partial charge in [-0.3, -0.25) is 0 Å². The van der Waals surface area contributed by atoms with E-state index < -0.39 is 0 Å². The molecule has 3 atom stereocenters. The van der Waals surface area contributed by atoms with Crippen LogP contribution in [-0.2, 0) is 0 Å². The van der Waals surface area contributed by atoms with Crippen molar-refractivity contribution < 1.29 is 0 Å². The van der Waals surface area contributed by atoms with Gasteiger partial charge < -0.3 is 5.32 Å². The Balaban J connectivity index is 2.47. The molecule has 1 rings (SSSR count). The Labute approximate surface area is 89.7 Å². The van der Waals surface area contributed by atoms with Crippen molar-refractivity contribution >= 4 is 0 Å². The second kappa shape index (κ2) is 5.75. The molecule has 1 heterocycles. The summed E-state index contributed by atoms with van der Waals surface area (Å²) in [7, 11) is 0. The van der Waals surface area contributed by atoms with Crippen LogP contribution < -0.4 is 5.32 Å². The van der Waals surface area contributed by atoms with Gasteiger partial charge in [0.25, 0.3) is 0 Å². The first kappa shape index (κ1) is 12.0. The third kappa shape index (κ3) is 3.27. The molecule has 1 saturated heterocycles. The highest BCUT2D eigenvalue weighted by Gasteiger charge is 2.28. The van der Waals surface area contributed by atoms with Gasteiger partial charge in [-0.15, -0.1) is 0 Å². The van der Waals surface area contributed by atoms with Gasteiger partial charge in [-0.1, -0.05) is 34.1 Å². The Bertz CT molecular complexity index is 153. The van der Waals surface area contributed by atoms with Crippen LogP contribution >= 0.6 is 0 Å². The van der Waals surface area contributed by atoms with Crippen molar-refractivity contribution in [3.63, 3.8) is 0 Å². The maximum Gasteiger partial charge on any atom is 0.00723 e. The molecule has 0 aromatic carbocycles. The summed E-state index contributed by atoms with van der Waals surface area (Å²) in [4.78, 5) is 0. The van der Waals surface area contributed by atoms with Gasteiger partial charge in [0.1, 0.15) is 0 Å². The van der Waals surface area contributed by atoms with Crippen molar-refractivity contribution in [1.82, 2.24) is 5.32 Å². The lowest BCUT2D eigenvalue weighted by molar-refractivity contribution is 0.187. The van der Waals surface area contributed by atoms with Gasteiger partial charge >= 0.3 is 0 Å². The van der Waals surface area contributed by atoms with Crippen molar-refractivity contribution in [3.8, 4) is 0 Å². The fourth-order valence-corrected chi connectivity index (χ4v) is 2.68. The molecule has 84 valence electrons. The van der Waals surface area contributed by atoms with E-state index in [4.69, 9.17) is 0 Å². The standard InChI is InChI=1S/C13H27N/c1-5-7-13-9-11(10(3)4)8-12(6-2)14-13/h10-14H,5-9H2,1-4H3. The van der Waals surface area contributed by atoms with Crippen LogP contribution in [-0.4, -0.2) is 12.1 Å². The lowest BCUT2D eigenvalue weighted by atomic mass is 9.79. The molecule has 1 aliphatic rings. The fraction of sp³-hybridized carbons (Fsp3) is 1.00. The van der Waals surface area contributed by atoms with Crippen LogP contribution in [0.2, 0.25) is 0 Å². The van der Waals surface area contributed by atoms with Crippen molar-refractivity contribution in [2.45, 2.75) is 71.9 Å². The van der Waals surface area contributed by atoms with Gasteiger partial charge in [0.15, 0.2) is 0 Å². The molecule has 1 nitrogen and oxygen atoms in total. The third-order valence-electron chi connectivity index (χ3n) is 3.72. The Kier molecular flexibility index (Phi) is 4.94. The van der Waals surface area contributed by atoms with E-state index in [0.29, 0.717) is 0 Å². The number of nitrogens with one attached hydrogen (secondary N) is 1. The van der Waals surface area contributed by atoms with E-state index in [9.17, 15) is 0 Å². The Hall–Kier alpha value is -0.0400. The van der Waals surface area contributed by atoms with Crippen LogP contribution in [0.25, 0.3) is 0 Å². The zero-order valence-electron chi connectivity index (χ0n) is 10.3. The van der Waals surface area contributed by atoms with Gasteiger partial charge in [-0.05, 0) is 37.5 Å². The predicted octanol–water partition coefficient (Wildman–Crippen LogP) is 3.59. The highest BCUT2D eigenvalue weighted by molar-refractivity contribution is 4.85. The van der Waals surface area contributed by atoms with Crippen molar-refractivity contribution in [1.29, 1.82) is 0 Å². The van der Waals surface area contributed by atoms with Crippen LogP contribution in [0.5, 0.6) is 0 Å². The van der Waals surface area contributed by atoms with Crippen molar-refractivity contribution in [2.75, 3.05) is 0 Å². The van der Waals surface area contributed by atoms with Gasteiger partial charge in [-0.25, -0.2) is 0 Å². The van der Waals surface area contributed by atoms with Gasteiger partial charge in [0.2, 0.25) is 0 Å². The van der Waals surface area contributed by atoms with Crippen LogP contribution in [0.1, 0.15) is 59.8 Å². The Morgan fingerprint density at radius 2 is 1.79 bits per heavy atom. The van der Waals surface area contributed by atoms with Crippen LogP contribution in [0.4, 0.5) is 0 Å². The van der Waals surface area contributed by atoms with E-state index in [1.54, 1.807) is 0 Å². The molecule has 0 bridgehead atoms. The summed E-state index contributed by atoms with van der Waals surface area (Å²) in [6.45, 7) is 9.36. The smallest absolute Gasteiger partial charge is 0.00723 e. The molecule has 0 aliphatic carbocycles. The largest absolute Gasteiger partial charge is 0.311 e. The Morgan fingerprint density at radius 3 is 2.29 bits per heavy atom. The molecule has 1 aliphatic heterocycles. The maximum atomic E-state index is 3.79. The van der Waals surface area contributed by atoms with E-state index in [2.05, 4.69) is 33.0 Å². The number of piperidine rings is 1. The molecule has 0 aromatic heterocycles. The van der Waals surface area contributed by atoms with E-state index in [0.717, 1.165) is 23.9 Å². The third-order valence-corrected chi connectivity index (χ3v) is 3.72. The second-order valence-electron chi connectivity index (χ2n) is 5.23. The maximum absolute atomic E-state index is 3.79.